The predicted molar refractivity (Wildman–Crippen MR) is 78.8 cm³/mol. The number of aromatic nitrogens is 2. The van der Waals surface area contributed by atoms with Crippen LogP contribution in [0.15, 0.2) is 36.7 Å². The Morgan fingerprint density at radius 3 is 2.81 bits per heavy atom. The van der Waals surface area contributed by atoms with Crippen molar-refractivity contribution >= 4 is 0 Å². The van der Waals surface area contributed by atoms with E-state index in [1.807, 2.05) is 12.3 Å². The fourth-order valence-corrected chi connectivity index (χ4v) is 2.77. The van der Waals surface area contributed by atoms with Crippen molar-refractivity contribution in [2.45, 2.75) is 13.5 Å². The van der Waals surface area contributed by atoms with Gasteiger partial charge in [0.1, 0.15) is 11.5 Å². The van der Waals surface area contributed by atoms with E-state index in [4.69, 9.17) is 4.74 Å². The maximum atomic E-state index is 13.7. The van der Waals surface area contributed by atoms with Gasteiger partial charge in [-0.25, -0.2) is 9.07 Å². The molecule has 3 rings (SSSR count). The zero-order chi connectivity index (χ0) is 14.9. The van der Waals surface area contributed by atoms with E-state index in [0.29, 0.717) is 5.69 Å². The van der Waals surface area contributed by atoms with Crippen molar-refractivity contribution in [3.63, 3.8) is 0 Å². The van der Waals surface area contributed by atoms with Gasteiger partial charge in [-0.2, -0.15) is 5.10 Å². The normalized spacial score (nSPS) is 17.0. The van der Waals surface area contributed by atoms with Crippen LogP contribution in [0, 0.1) is 11.2 Å². The number of ether oxygens (including phenoxy) is 1. The lowest BCUT2D eigenvalue weighted by Gasteiger charge is -2.40. The lowest BCUT2D eigenvalue weighted by Crippen LogP contribution is -2.47. The summed E-state index contributed by atoms with van der Waals surface area (Å²) in [5.74, 6) is -0.264. The monoisotopic (exact) mass is 289 g/mol. The number of nitrogens with zero attached hydrogens (tertiary/aromatic N) is 3. The van der Waals surface area contributed by atoms with E-state index in [9.17, 15) is 4.39 Å². The molecule has 1 aromatic heterocycles. The van der Waals surface area contributed by atoms with E-state index in [1.165, 1.54) is 6.07 Å². The third-order valence-corrected chi connectivity index (χ3v) is 3.74. The first kappa shape index (κ1) is 14.2. The first-order valence-electron chi connectivity index (χ1n) is 7.10. The minimum Gasteiger partial charge on any atom is -0.380 e. The molecule has 0 bridgehead atoms. The quantitative estimate of drug-likeness (QED) is 0.847. The zero-order valence-corrected chi connectivity index (χ0v) is 12.4. The number of para-hydroxylation sites is 1. The van der Waals surface area contributed by atoms with Gasteiger partial charge < -0.3 is 9.64 Å². The largest absolute Gasteiger partial charge is 0.380 e. The highest BCUT2D eigenvalue weighted by Crippen LogP contribution is 2.27. The van der Waals surface area contributed by atoms with Crippen LogP contribution >= 0.6 is 0 Å². The van der Waals surface area contributed by atoms with Crippen molar-refractivity contribution in [1.29, 1.82) is 0 Å². The van der Waals surface area contributed by atoms with Gasteiger partial charge in [-0.05, 0) is 19.2 Å². The molecule has 1 saturated heterocycles. The minimum absolute atomic E-state index is 0.260. The van der Waals surface area contributed by atoms with Crippen LogP contribution in [0.1, 0.15) is 12.5 Å². The summed E-state index contributed by atoms with van der Waals surface area (Å²) in [6, 6.07) is 6.66. The highest BCUT2D eigenvalue weighted by atomic mass is 19.1. The number of rotatable bonds is 5. The summed E-state index contributed by atoms with van der Waals surface area (Å²) < 4.78 is 20.6. The number of hydrogen-bond acceptors (Lipinski definition) is 3. The summed E-state index contributed by atoms with van der Waals surface area (Å²) in [4.78, 5) is 2.26. The van der Waals surface area contributed by atoms with Crippen LogP contribution in [-0.4, -0.2) is 41.5 Å². The van der Waals surface area contributed by atoms with E-state index in [-0.39, 0.29) is 11.2 Å². The molecule has 112 valence electrons. The molecule has 0 N–H and O–H groups in total. The van der Waals surface area contributed by atoms with Crippen LogP contribution in [0.5, 0.6) is 0 Å². The Morgan fingerprint density at radius 2 is 2.14 bits per heavy atom. The second kappa shape index (κ2) is 5.58. The molecule has 2 heterocycles. The first-order chi connectivity index (χ1) is 10.1. The van der Waals surface area contributed by atoms with Gasteiger partial charge in [0.2, 0.25) is 0 Å². The Balaban J connectivity index is 1.66. The summed E-state index contributed by atoms with van der Waals surface area (Å²) in [6.45, 7) is 5.66. The van der Waals surface area contributed by atoms with E-state index in [1.54, 1.807) is 23.0 Å². The highest BCUT2D eigenvalue weighted by molar-refractivity contribution is 5.32. The average Bonchev–Trinajstić information content (AvgIpc) is 2.85. The maximum Gasteiger partial charge on any atom is 0.148 e. The number of benzene rings is 1. The minimum atomic E-state index is -0.264. The van der Waals surface area contributed by atoms with Gasteiger partial charge in [-0.1, -0.05) is 19.1 Å². The standard InChI is InChI=1S/C16H20FN3O/c1-16(11-21-12-16)10-19(2)8-13-7-18-20(9-13)15-6-4-3-5-14(15)17/h3-7,9H,8,10-12H2,1-2H3. The van der Waals surface area contributed by atoms with Crippen LogP contribution in [0.4, 0.5) is 4.39 Å². The smallest absolute Gasteiger partial charge is 0.148 e. The third kappa shape index (κ3) is 3.14. The Morgan fingerprint density at radius 1 is 1.38 bits per heavy atom. The molecule has 4 nitrogen and oxygen atoms in total. The molecule has 5 heteroatoms. The maximum absolute atomic E-state index is 13.7. The molecule has 0 saturated carbocycles. The van der Waals surface area contributed by atoms with Gasteiger partial charge in [0.05, 0.1) is 19.4 Å². The Bertz CT molecular complexity index is 621. The SMILES string of the molecule is CN(Cc1cnn(-c2ccccc2F)c1)CC1(C)COC1. The Hall–Kier alpha value is -1.72. The molecule has 0 spiro atoms. The summed E-state index contributed by atoms with van der Waals surface area (Å²) in [7, 11) is 2.09. The van der Waals surface area contributed by atoms with Gasteiger partial charge >= 0.3 is 0 Å². The molecule has 1 aliphatic rings. The average molecular weight is 289 g/mol. The topological polar surface area (TPSA) is 30.3 Å². The second-order valence-corrected chi connectivity index (χ2v) is 6.22. The van der Waals surface area contributed by atoms with Crippen LogP contribution < -0.4 is 0 Å². The summed E-state index contributed by atoms with van der Waals surface area (Å²) in [5, 5.41) is 4.26. The van der Waals surface area contributed by atoms with Crippen molar-refractivity contribution < 1.29 is 9.13 Å². The third-order valence-electron chi connectivity index (χ3n) is 3.74. The highest BCUT2D eigenvalue weighted by Gasteiger charge is 2.34. The zero-order valence-electron chi connectivity index (χ0n) is 12.4. The molecule has 0 amide bonds. The van der Waals surface area contributed by atoms with Crippen molar-refractivity contribution in [2.24, 2.45) is 5.41 Å². The fourth-order valence-electron chi connectivity index (χ4n) is 2.77. The Labute approximate surface area is 124 Å². The number of hydrogen-bond donors (Lipinski definition) is 0. The van der Waals surface area contributed by atoms with Gasteiger partial charge in [-0.15, -0.1) is 0 Å². The van der Waals surface area contributed by atoms with E-state index < -0.39 is 0 Å². The van der Waals surface area contributed by atoms with Crippen molar-refractivity contribution in [1.82, 2.24) is 14.7 Å². The van der Waals surface area contributed by atoms with E-state index in [2.05, 4.69) is 24.0 Å². The molecule has 0 atom stereocenters. The molecule has 1 aromatic carbocycles. The summed E-state index contributed by atoms with van der Waals surface area (Å²) in [5.41, 5.74) is 1.81. The summed E-state index contributed by atoms with van der Waals surface area (Å²) in [6.07, 6.45) is 3.68. The molecule has 1 fully saturated rings. The van der Waals surface area contributed by atoms with E-state index in [0.717, 1.165) is 31.9 Å². The molecule has 0 unspecified atom stereocenters. The molecule has 2 aromatic rings. The molecule has 21 heavy (non-hydrogen) atoms. The van der Waals surface area contributed by atoms with Gasteiger partial charge in [-0.3, -0.25) is 0 Å². The molecule has 1 aliphatic heterocycles. The van der Waals surface area contributed by atoms with Crippen LogP contribution in [0.2, 0.25) is 0 Å². The van der Waals surface area contributed by atoms with Crippen molar-refractivity contribution in [3.05, 3.63) is 48.0 Å². The Kier molecular flexibility index (Phi) is 3.78. The number of halogens is 1. The van der Waals surface area contributed by atoms with Crippen LogP contribution in [-0.2, 0) is 11.3 Å². The lowest BCUT2D eigenvalue weighted by molar-refractivity contribution is -0.113. The molecule has 0 radical (unpaired) electrons. The van der Waals surface area contributed by atoms with Crippen LogP contribution in [0.25, 0.3) is 5.69 Å². The fraction of sp³-hybridized carbons (Fsp3) is 0.438. The van der Waals surface area contributed by atoms with Gasteiger partial charge in [0.25, 0.3) is 0 Å². The lowest BCUT2D eigenvalue weighted by atomic mass is 9.88. The summed E-state index contributed by atoms with van der Waals surface area (Å²) >= 11 is 0. The van der Waals surface area contributed by atoms with Gasteiger partial charge in [0.15, 0.2) is 0 Å². The van der Waals surface area contributed by atoms with Crippen LogP contribution in [0.3, 0.4) is 0 Å². The van der Waals surface area contributed by atoms with E-state index >= 15 is 0 Å². The predicted octanol–water partition coefficient (Wildman–Crippen LogP) is 2.48. The van der Waals surface area contributed by atoms with Gasteiger partial charge in [0, 0.05) is 30.3 Å². The van der Waals surface area contributed by atoms with Crippen molar-refractivity contribution in [3.8, 4) is 5.69 Å². The molecular weight excluding hydrogens is 269 g/mol. The van der Waals surface area contributed by atoms with Crippen molar-refractivity contribution in [2.75, 3.05) is 26.8 Å². The first-order valence-corrected chi connectivity index (χ1v) is 7.10. The second-order valence-electron chi connectivity index (χ2n) is 6.22. The molecular formula is C16H20FN3O. The molecule has 0 aliphatic carbocycles.